The third-order valence-electron chi connectivity index (χ3n) is 0.869. The molecule has 0 spiro atoms. The molecule has 0 unspecified atom stereocenters. The first-order chi connectivity index (χ1) is 5.45. The van der Waals surface area contributed by atoms with Crippen molar-refractivity contribution in [2.45, 2.75) is 0 Å². The summed E-state index contributed by atoms with van der Waals surface area (Å²) in [5.74, 6) is -0.156. The smallest absolute Gasteiger partial charge is 0.354 e. The van der Waals surface area contributed by atoms with Crippen molar-refractivity contribution < 1.29 is 19.1 Å². The van der Waals surface area contributed by atoms with Gasteiger partial charge in [0.25, 0.3) is 0 Å². The Labute approximate surface area is 73.8 Å². The zero-order valence-corrected chi connectivity index (χ0v) is 7.98. The van der Waals surface area contributed by atoms with Gasteiger partial charge in [0.1, 0.15) is 0 Å². The van der Waals surface area contributed by atoms with Crippen LogP contribution < -0.4 is 11.1 Å². The van der Waals surface area contributed by atoms with Crippen molar-refractivity contribution in [2.24, 2.45) is 5.73 Å². The van der Waals surface area contributed by atoms with Gasteiger partial charge in [-0.25, -0.2) is 4.57 Å². The van der Waals surface area contributed by atoms with E-state index in [0.29, 0.717) is 11.4 Å². The molecule has 0 aliphatic rings. The molecule has 0 aromatic carbocycles. The fourth-order valence-corrected chi connectivity index (χ4v) is 1.85. The van der Waals surface area contributed by atoms with Gasteiger partial charge in [0.05, 0.1) is 6.54 Å². The van der Waals surface area contributed by atoms with Crippen molar-refractivity contribution in [3.63, 3.8) is 0 Å². The summed E-state index contributed by atoms with van der Waals surface area (Å²) in [5, 5.41) is 2.38. The molecule has 0 fully saturated rings. The van der Waals surface area contributed by atoms with E-state index in [2.05, 4.69) is 5.32 Å². The quantitative estimate of drug-likeness (QED) is 0.341. The van der Waals surface area contributed by atoms with E-state index in [4.69, 9.17) is 15.5 Å². The van der Waals surface area contributed by atoms with E-state index in [-0.39, 0.29) is 24.7 Å². The van der Waals surface area contributed by atoms with Crippen LogP contribution in [-0.4, -0.2) is 34.5 Å². The van der Waals surface area contributed by atoms with Gasteiger partial charge in [-0.15, -0.1) is 0 Å². The molecule has 72 valence electrons. The Morgan fingerprint density at radius 2 is 2.17 bits per heavy atom. The van der Waals surface area contributed by atoms with E-state index >= 15 is 0 Å². The predicted octanol–water partition coefficient (Wildman–Crippen LogP) is -1.11. The van der Waals surface area contributed by atoms with E-state index in [0.717, 1.165) is 0 Å². The largest absolute Gasteiger partial charge is 0.384 e. The zero-order valence-electron chi connectivity index (χ0n) is 6.27. The highest BCUT2D eigenvalue weighted by atomic mass is 32.7. The summed E-state index contributed by atoms with van der Waals surface area (Å²) in [4.78, 5) is 27.3. The number of hydrogen-bond donors (Lipinski definition) is 4. The summed E-state index contributed by atoms with van der Waals surface area (Å²) in [6, 6.07) is 0. The number of hydrogen-bond acceptors (Lipinski definition) is 4. The first kappa shape index (κ1) is 11.9. The minimum Gasteiger partial charge on any atom is -0.354 e. The Balaban J connectivity index is 3.34. The topological polar surface area (TPSA) is 113 Å². The fourth-order valence-electron chi connectivity index (χ4n) is 0.427. The van der Waals surface area contributed by atoms with Gasteiger partial charge in [0, 0.05) is 12.3 Å². The summed E-state index contributed by atoms with van der Waals surface area (Å²) >= 11 is 0.497. The SMILES string of the molecule is NCC(=O)NCCSP(=O)(O)O. The Morgan fingerprint density at radius 3 is 2.58 bits per heavy atom. The van der Waals surface area contributed by atoms with Crippen LogP contribution in [0, 0.1) is 0 Å². The van der Waals surface area contributed by atoms with Crippen LogP contribution in [0.5, 0.6) is 0 Å². The van der Waals surface area contributed by atoms with Gasteiger partial charge in [-0.3, -0.25) is 4.79 Å². The van der Waals surface area contributed by atoms with E-state index in [1.54, 1.807) is 0 Å². The second-order valence-electron chi connectivity index (χ2n) is 1.88. The van der Waals surface area contributed by atoms with Crippen molar-refractivity contribution in [2.75, 3.05) is 18.8 Å². The van der Waals surface area contributed by atoms with Gasteiger partial charge < -0.3 is 20.8 Å². The lowest BCUT2D eigenvalue weighted by Crippen LogP contribution is -2.31. The maximum Gasteiger partial charge on any atom is 0.384 e. The lowest BCUT2D eigenvalue weighted by molar-refractivity contribution is -0.119. The zero-order chi connectivity index (χ0) is 9.61. The van der Waals surface area contributed by atoms with Crippen molar-refractivity contribution in [3.05, 3.63) is 0 Å². The minimum absolute atomic E-state index is 0.111. The van der Waals surface area contributed by atoms with E-state index in [1.165, 1.54) is 0 Å². The monoisotopic (exact) mass is 214 g/mol. The van der Waals surface area contributed by atoms with Gasteiger partial charge in [-0.1, -0.05) is 0 Å². The molecule has 8 heteroatoms. The molecular formula is C4H11N2O4PS. The van der Waals surface area contributed by atoms with Crippen LogP contribution in [-0.2, 0) is 9.36 Å². The summed E-state index contributed by atoms with van der Waals surface area (Å²) in [7, 11) is 0. The highest BCUT2D eigenvalue weighted by Gasteiger charge is 2.12. The Morgan fingerprint density at radius 1 is 1.58 bits per heavy atom. The fraction of sp³-hybridized carbons (Fsp3) is 0.750. The van der Waals surface area contributed by atoms with Crippen LogP contribution in [0.2, 0.25) is 0 Å². The van der Waals surface area contributed by atoms with Gasteiger partial charge >= 0.3 is 6.80 Å². The number of rotatable bonds is 5. The minimum atomic E-state index is -4.00. The third-order valence-corrected chi connectivity index (χ3v) is 3.15. The number of carbonyl (C=O) groups excluding carboxylic acids is 1. The summed E-state index contributed by atoms with van der Waals surface area (Å²) in [6.45, 7) is -3.90. The summed E-state index contributed by atoms with van der Waals surface area (Å²) < 4.78 is 10.3. The first-order valence-electron chi connectivity index (χ1n) is 3.12. The molecular weight excluding hydrogens is 203 g/mol. The van der Waals surface area contributed by atoms with Crippen LogP contribution in [0.15, 0.2) is 0 Å². The maximum absolute atomic E-state index is 10.5. The Hall–Kier alpha value is -0.0700. The maximum atomic E-state index is 10.5. The summed E-state index contributed by atoms with van der Waals surface area (Å²) in [6.07, 6.45) is 0. The molecule has 0 aromatic heterocycles. The Bertz CT molecular complexity index is 193. The van der Waals surface area contributed by atoms with Crippen LogP contribution in [0.3, 0.4) is 0 Å². The molecule has 0 bridgehead atoms. The molecule has 0 atom stereocenters. The second kappa shape index (κ2) is 5.55. The molecule has 0 aliphatic heterocycles. The lowest BCUT2D eigenvalue weighted by Gasteiger charge is -2.03. The second-order valence-corrected chi connectivity index (χ2v) is 5.73. The standard InChI is InChI=1S/C4H11N2O4PS/c5-3-4(7)6-1-2-12-11(8,9)10/h1-3,5H2,(H,6,7)(H2,8,9,10). The molecule has 1 amide bonds. The third kappa shape index (κ3) is 8.03. The number of nitrogens with one attached hydrogen (secondary N) is 1. The average molecular weight is 214 g/mol. The molecule has 0 aliphatic carbocycles. The van der Waals surface area contributed by atoms with E-state index in [1.807, 2.05) is 0 Å². The number of nitrogens with two attached hydrogens (primary N) is 1. The molecule has 12 heavy (non-hydrogen) atoms. The molecule has 0 heterocycles. The average Bonchev–Trinajstić information content (AvgIpc) is 1.96. The number of carbonyl (C=O) groups is 1. The molecule has 0 radical (unpaired) electrons. The van der Waals surface area contributed by atoms with Crippen LogP contribution in [0.25, 0.3) is 0 Å². The molecule has 0 saturated heterocycles. The van der Waals surface area contributed by atoms with Crippen molar-refractivity contribution >= 4 is 24.1 Å². The first-order valence-corrected chi connectivity index (χ1v) is 6.33. The van der Waals surface area contributed by atoms with E-state index < -0.39 is 6.80 Å². The molecule has 0 aromatic rings. The molecule has 0 saturated carbocycles. The van der Waals surface area contributed by atoms with Gasteiger partial charge in [0.2, 0.25) is 5.91 Å². The molecule has 0 rings (SSSR count). The van der Waals surface area contributed by atoms with Crippen LogP contribution >= 0.6 is 18.2 Å². The number of amides is 1. The molecule has 5 N–H and O–H groups in total. The summed E-state index contributed by atoms with van der Waals surface area (Å²) in [5.41, 5.74) is 4.97. The lowest BCUT2D eigenvalue weighted by atomic mass is 10.6. The van der Waals surface area contributed by atoms with Crippen molar-refractivity contribution in [1.82, 2.24) is 5.32 Å². The predicted molar refractivity (Wildman–Crippen MR) is 46.6 cm³/mol. The normalized spacial score (nSPS) is 11.2. The van der Waals surface area contributed by atoms with E-state index in [9.17, 15) is 9.36 Å². The molecule has 6 nitrogen and oxygen atoms in total. The van der Waals surface area contributed by atoms with Gasteiger partial charge in [-0.2, -0.15) is 0 Å². The van der Waals surface area contributed by atoms with Crippen LogP contribution in [0.1, 0.15) is 0 Å². The van der Waals surface area contributed by atoms with Gasteiger partial charge in [-0.05, 0) is 11.4 Å². The van der Waals surface area contributed by atoms with Gasteiger partial charge in [0.15, 0.2) is 0 Å². The highest BCUT2D eigenvalue weighted by Crippen LogP contribution is 2.49. The Kier molecular flexibility index (Phi) is 5.52. The van der Waals surface area contributed by atoms with Crippen molar-refractivity contribution in [3.8, 4) is 0 Å². The van der Waals surface area contributed by atoms with Crippen molar-refractivity contribution in [1.29, 1.82) is 0 Å². The van der Waals surface area contributed by atoms with Crippen LogP contribution in [0.4, 0.5) is 0 Å². The highest BCUT2D eigenvalue weighted by molar-refractivity contribution is 8.54.